The number of benzene rings is 2. The average molecular weight is 372 g/mol. The minimum absolute atomic E-state index is 0.0497. The van der Waals surface area contributed by atoms with Gasteiger partial charge in [0.25, 0.3) is 11.6 Å². The highest BCUT2D eigenvalue weighted by Crippen LogP contribution is 2.23. The zero-order valence-electron chi connectivity index (χ0n) is 15.0. The smallest absolute Gasteiger partial charge is 0.306 e. The molecule has 2 aromatic carbocycles. The standard InChI is InChI=1S/C19H20N2O6/c1-13(19(23)20-16-5-3-4-6-17(16)21(24)25)27-18(22)12-9-14-7-10-15(26-2)11-8-14/h3-8,10-11,13H,9,12H2,1-2H3,(H,20,23)/t13-/m1/s1. The van der Waals surface area contributed by atoms with Crippen molar-refractivity contribution in [1.29, 1.82) is 0 Å². The van der Waals surface area contributed by atoms with Crippen LogP contribution in [0.5, 0.6) is 5.75 Å². The van der Waals surface area contributed by atoms with Crippen molar-refractivity contribution in [3.05, 3.63) is 64.2 Å². The first kappa shape index (κ1) is 19.9. The Bertz CT molecular complexity index is 819. The summed E-state index contributed by atoms with van der Waals surface area (Å²) < 4.78 is 10.2. The van der Waals surface area contributed by atoms with Crippen LogP contribution in [0.3, 0.4) is 0 Å². The summed E-state index contributed by atoms with van der Waals surface area (Å²) in [6, 6.07) is 13.0. The van der Waals surface area contributed by atoms with E-state index in [4.69, 9.17) is 9.47 Å². The molecule has 1 atom stereocenters. The molecule has 1 amide bonds. The van der Waals surface area contributed by atoms with Gasteiger partial charge in [0.2, 0.25) is 0 Å². The molecule has 8 heteroatoms. The highest BCUT2D eigenvalue weighted by molar-refractivity contribution is 5.96. The Morgan fingerprint density at radius 1 is 1.15 bits per heavy atom. The largest absolute Gasteiger partial charge is 0.497 e. The van der Waals surface area contributed by atoms with Crippen LogP contribution in [0.15, 0.2) is 48.5 Å². The molecular formula is C19H20N2O6. The van der Waals surface area contributed by atoms with E-state index in [0.717, 1.165) is 11.3 Å². The van der Waals surface area contributed by atoms with Gasteiger partial charge in [-0.05, 0) is 37.1 Å². The van der Waals surface area contributed by atoms with Gasteiger partial charge in [-0.3, -0.25) is 19.7 Å². The molecule has 0 heterocycles. The highest BCUT2D eigenvalue weighted by Gasteiger charge is 2.21. The van der Waals surface area contributed by atoms with Crippen molar-refractivity contribution in [3.8, 4) is 5.75 Å². The second-order valence-corrected chi connectivity index (χ2v) is 5.74. The number of para-hydroxylation sites is 2. The van der Waals surface area contributed by atoms with Gasteiger partial charge in [-0.15, -0.1) is 0 Å². The molecule has 0 saturated heterocycles. The van der Waals surface area contributed by atoms with Gasteiger partial charge in [0.1, 0.15) is 11.4 Å². The van der Waals surface area contributed by atoms with E-state index in [9.17, 15) is 19.7 Å². The van der Waals surface area contributed by atoms with Crippen LogP contribution in [0.2, 0.25) is 0 Å². The van der Waals surface area contributed by atoms with E-state index in [2.05, 4.69) is 5.32 Å². The van der Waals surface area contributed by atoms with E-state index in [-0.39, 0.29) is 17.8 Å². The Hall–Kier alpha value is -3.42. The van der Waals surface area contributed by atoms with Gasteiger partial charge in [-0.25, -0.2) is 0 Å². The molecule has 0 spiro atoms. The summed E-state index contributed by atoms with van der Waals surface area (Å²) in [7, 11) is 1.57. The van der Waals surface area contributed by atoms with E-state index in [0.29, 0.717) is 6.42 Å². The van der Waals surface area contributed by atoms with E-state index in [1.54, 1.807) is 25.3 Å². The number of hydrogen-bond donors (Lipinski definition) is 1. The maximum absolute atomic E-state index is 12.1. The molecule has 2 rings (SSSR count). The normalized spacial score (nSPS) is 11.3. The minimum Gasteiger partial charge on any atom is -0.497 e. The van der Waals surface area contributed by atoms with Crippen molar-refractivity contribution in [3.63, 3.8) is 0 Å². The molecule has 0 fully saturated rings. The van der Waals surface area contributed by atoms with Crippen LogP contribution >= 0.6 is 0 Å². The van der Waals surface area contributed by atoms with E-state index in [1.807, 2.05) is 12.1 Å². The maximum Gasteiger partial charge on any atom is 0.306 e. The lowest BCUT2D eigenvalue weighted by molar-refractivity contribution is -0.383. The summed E-state index contributed by atoms with van der Waals surface area (Å²) in [5.41, 5.74) is 0.752. The van der Waals surface area contributed by atoms with E-state index < -0.39 is 22.9 Å². The van der Waals surface area contributed by atoms with Crippen molar-refractivity contribution < 1.29 is 24.0 Å². The Kier molecular flexibility index (Phi) is 6.87. The molecule has 0 radical (unpaired) electrons. The molecule has 0 aromatic heterocycles. The average Bonchev–Trinajstić information content (AvgIpc) is 2.67. The topological polar surface area (TPSA) is 108 Å². The molecule has 27 heavy (non-hydrogen) atoms. The van der Waals surface area contributed by atoms with Crippen molar-refractivity contribution in [2.75, 3.05) is 12.4 Å². The number of nitrogens with zero attached hydrogens (tertiary/aromatic N) is 1. The third-order valence-corrected chi connectivity index (χ3v) is 3.81. The molecule has 0 bridgehead atoms. The second-order valence-electron chi connectivity index (χ2n) is 5.74. The van der Waals surface area contributed by atoms with Crippen LogP contribution in [0.1, 0.15) is 18.9 Å². The van der Waals surface area contributed by atoms with Gasteiger partial charge < -0.3 is 14.8 Å². The molecule has 8 nitrogen and oxygen atoms in total. The monoisotopic (exact) mass is 372 g/mol. The number of esters is 1. The molecule has 0 unspecified atom stereocenters. The zero-order chi connectivity index (χ0) is 19.8. The van der Waals surface area contributed by atoms with Crippen molar-refractivity contribution in [2.45, 2.75) is 25.9 Å². The number of ether oxygens (including phenoxy) is 2. The van der Waals surface area contributed by atoms with Crippen LogP contribution in [-0.2, 0) is 20.7 Å². The van der Waals surface area contributed by atoms with E-state index in [1.165, 1.54) is 25.1 Å². The Morgan fingerprint density at radius 3 is 2.44 bits per heavy atom. The number of amides is 1. The number of nitro benzene ring substituents is 1. The van der Waals surface area contributed by atoms with Crippen molar-refractivity contribution in [2.24, 2.45) is 0 Å². The number of nitrogens with one attached hydrogen (secondary N) is 1. The quantitative estimate of drug-likeness (QED) is 0.433. The fourth-order valence-electron chi connectivity index (χ4n) is 2.32. The zero-order valence-corrected chi connectivity index (χ0v) is 15.0. The highest BCUT2D eigenvalue weighted by atomic mass is 16.6. The van der Waals surface area contributed by atoms with Gasteiger partial charge in [-0.1, -0.05) is 24.3 Å². The molecule has 2 aromatic rings. The number of aryl methyl sites for hydroxylation is 1. The summed E-state index contributed by atoms with van der Waals surface area (Å²) in [6.45, 7) is 1.41. The third kappa shape index (κ3) is 5.81. The predicted octanol–water partition coefficient (Wildman–Crippen LogP) is 3.11. The van der Waals surface area contributed by atoms with Crippen LogP contribution in [0.4, 0.5) is 11.4 Å². The van der Waals surface area contributed by atoms with Gasteiger partial charge in [0, 0.05) is 12.5 Å². The van der Waals surface area contributed by atoms with Crippen LogP contribution in [0, 0.1) is 10.1 Å². The first-order valence-corrected chi connectivity index (χ1v) is 8.27. The lowest BCUT2D eigenvalue weighted by atomic mass is 10.1. The molecule has 0 aliphatic carbocycles. The van der Waals surface area contributed by atoms with Crippen LogP contribution in [0.25, 0.3) is 0 Å². The minimum atomic E-state index is -1.08. The Balaban J connectivity index is 1.86. The first-order valence-electron chi connectivity index (χ1n) is 8.27. The lowest BCUT2D eigenvalue weighted by Gasteiger charge is -2.13. The van der Waals surface area contributed by atoms with E-state index >= 15 is 0 Å². The van der Waals surface area contributed by atoms with Crippen molar-refractivity contribution in [1.82, 2.24) is 0 Å². The van der Waals surface area contributed by atoms with Crippen molar-refractivity contribution >= 4 is 23.3 Å². The summed E-state index contributed by atoms with van der Waals surface area (Å²) in [4.78, 5) is 34.5. The summed E-state index contributed by atoms with van der Waals surface area (Å²) >= 11 is 0. The number of rotatable bonds is 8. The summed E-state index contributed by atoms with van der Waals surface area (Å²) in [5, 5.41) is 13.4. The number of methoxy groups -OCH3 is 1. The predicted molar refractivity (Wildman–Crippen MR) is 98.6 cm³/mol. The van der Waals surface area contributed by atoms with Crippen LogP contribution < -0.4 is 10.1 Å². The molecule has 142 valence electrons. The Labute approximate surface area is 156 Å². The number of anilines is 1. The summed E-state index contributed by atoms with van der Waals surface area (Å²) in [6.07, 6.45) is -0.510. The number of carbonyl (C=O) groups is 2. The van der Waals surface area contributed by atoms with Crippen LogP contribution in [-0.4, -0.2) is 30.0 Å². The lowest BCUT2D eigenvalue weighted by Crippen LogP contribution is -2.30. The second kappa shape index (κ2) is 9.33. The fraction of sp³-hybridized carbons (Fsp3) is 0.263. The van der Waals surface area contributed by atoms with Gasteiger partial charge in [0.05, 0.1) is 12.0 Å². The molecular weight excluding hydrogens is 352 g/mol. The van der Waals surface area contributed by atoms with Gasteiger partial charge in [-0.2, -0.15) is 0 Å². The molecule has 1 N–H and O–H groups in total. The first-order chi connectivity index (χ1) is 12.9. The SMILES string of the molecule is COc1ccc(CCC(=O)O[C@H](C)C(=O)Nc2ccccc2[N+](=O)[O-])cc1. The fourth-order valence-corrected chi connectivity index (χ4v) is 2.32. The van der Waals surface area contributed by atoms with Gasteiger partial charge in [0.15, 0.2) is 6.10 Å². The number of nitro groups is 1. The maximum atomic E-state index is 12.1. The third-order valence-electron chi connectivity index (χ3n) is 3.81. The number of hydrogen-bond acceptors (Lipinski definition) is 6. The molecule has 0 aliphatic heterocycles. The Morgan fingerprint density at radius 2 is 1.81 bits per heavy atom. The molecule has 0 saturated carbocycles. The number of carbonyl (C=O) groups excluding carboxylic acids is 2. The summed E-state index contributed by atoms with van der Waals surface area (Å²) in [5.74, 6) is -0.445. The molecule has 0 aliphatic rings. The van der Waals surface area contributed by atoms with Gasteiger partial charge >= 0.3 is 5.97 Å².